The summed E-state index contributed by atoms with van der Waals surface area (Å²) in [6.45, 7) is 3.24. The number of rotatable bonds is 4. The summed E-state index contributed by atoms with van der Waals surface area (Å²) in [6.07, 6.45) is 4.70. The molecule has 1 aliphatic heterocycles. The van der Waals surface area contributed by atoms with E-state index in [0.29, 0.717) is 23.9 Å². The van der Waals surface area contributed by atoms with Gasteiger partial charge in [-0.3, -0.25) is 14.2 Å². The summed E-state index contributed by atoms with van der Waals surface area (Å²) in [5.74, 6) is 0.352. The predicted molar refractivity (Wildman–Crippen MR) is 115 cm³/mol. The normalized spacial score (nSPS) is 16.3. The summed E-state index contributed by atoms with van der Waals surface area (Å²) in [6, 6.07) is 11.0. The Hall–Kier alpha value is -3.55. The molecule has 2 aromatic heterocycles. The van der Waals surface area contributed by atoms with Crippen molar-refractivity contribution in [3.8, 4) is 11.4 Å². The lowest BCUT2D eigenvalue weighted by Crippen LogP contribution is -2.43. The number of hydrogen-bond acceptors (Lipinski definition) is 6. The van der Waals surface area contributed by atoms with Gasteiger partial charge < -0.3 is 10.2 Å². The summed E-state index contributed by atoms with van der Waals surface area (Å²) < 4.78 is 1.52. The second kappa shape index (κ2) is 8.44. The molecular weight excluding hydrogens is 380 g/mol. The van der Waals surface area contributed by atoms with Crippen molar-refractivity contribution >= 4 is 17.5 Å². The van der Waals surface area contributed by atoms with Crippen molar-refractivity contribution in [1.29, 1.82) is 0 Å². The fourth-order valence-electron chi connectivity index (χ4n) is 3.72. The third-order valence-electron chi connectivity index (χ3n) is 5.32. The second-order valence-corrected chi connectivity index (χ2v) is 7.58. The van der Waals surface area contributed by atoms with Gasteiger partial charge in [0.15, 0.2) is 0 Å². The molecule has 8 nitrogen and oxygen atoms in total. The number of nitrogens with zero attached hydrogens (tertiary/aromatic N) is 5. The van der Waals surface area contributed by atoms with Crippen LogP contribution in [0.1, 0.15) is 18.4 Å². The molecule has 1 atom stereocenters. The van der Waals surface area contributed by atoms with Gasteiger partial charge in [-0.15, -0.1) is 0 Å². The summed E-state index contributed by atoms with van der Waals surface area (Å²) in [4.78, 5) is 40.2. The van der Waals surface area contributed by atoms with E-state index >= 15 is 0 Å². The molecule has 1 unspecified atom stereocenters. The van der Waals surface area contributed by atoms with Gasteiger partial charge in [0.05, 0.1) is 17.3 Å². The fourth-order valence-corrected chi connectivity index (χ4v) is 3.72. The Morgan fingerprint density at radius 2 is 2.07 bits per heavy atom. The number of aryl methyl sites for hydroxylation is 1. The van der Waals surface area contributed by atoms with Gasteiger partial charge in [0.2, 0.25) is 11.9 Å². The third-order valence-corrected chi connectivity index (χ3v) is 5.32. The number of amides is 1. The van der Waals surface area contributed by atoms with Crippen LogP contribution in [0, 0.1) is 12.8 Å². The monoisotopic (exact) mass is 404 g/mol. The van der Waals surface area contributed by atoms with E-state index in [1.165, 1.54) is 17.0 Å². The van der Waals surface area contributed by atoms with Crippen LogP contribution in [0.3, 0.4) is 0 Å². The van der Waals surface area contributed by atoms with Crippen molar-refractivity contribution in [2.45, 2.75) is 19.8 Å². The lowest BCUT2D eigenvalue weighted by atomic mass is 9.97. The van der Waals surface area contributed by atoms with Gasteiger partial charge in [0.25, 0.3) is 5.56 Å². The molecule has 0 bridgehead atoms. The molecule has 8 heteroatoms. The average molecular weight is 404 g/mol. The fraction of sp³-hybridized carbons (Fsp3) is 0.318. The second-order valence-electron chi connectivity index (χ2n) is 7.58. The van der Waals surface area contributed by atoms with Crippen LogP contribution in [0.15, 0.2) is 53.7 Å². The SMILES string of the molecule is Cc1cccc(NC(=O)C2CCCN(c3nc(-c4ccncn4)cc(=O)n3C)C2)c1. The molecule has 0 aliphatic carbocycles. The molecule has 154 valence electrons. The number of piperidine rings is 1. The Morgan fingerprint density at radius 3 is 2.83 bits per heavy atom. The van der Waals surface area contributed by atoms with Gasteiger partial charge >= 0.3 is 0 Å². The molecule has 1 aromatic carbocycles. The maximum absolute atomic E-state index is 12.9. The van der Waals surface area contributed by atoms with Gasteiger partial charge in [-0.2, -0.15) is 0 Å². The lowest BCUT2D eigenvalue weighted by molar-refractivity contribution is -0.120. The largest absolute Gasteiger partial charge is 0.341 e. The molecule has 0 radical (unpaired) electrons. The topological polar surface area (TPSA) is 93.0 Å². The highest BCUT2D eigenvalue weighted by atomic mass is 16.2. The van der Waals surface area contributed by atoms with E-state index < -0.39 is 0 Å². The maximum Gasteiger partial charge on any atom is 0.255 e. The van der Waals surface area contributed by atoms with Crippen LogP contribution in [0.4, 0.5) is 11.6 Å². The predicted octanol–water partition coefficient (Wildman–Crippen LogP) is 2.40. The number of anilines is 2. The minimum atomic E-state index is -0.182. The van der Waals surface area contributed by atoms with E-state index in [4.69, 9.17) is 0 Å². The van der Waals surface area contributed by atoms with Crippen molar-refractivity contribution in [1.82, 2.24) is 19.5 Å². The van der Waals surface area contributed by atoms with Crippen molar-refractivity contribution in [2.75, 3.05) is 23.3 Å². The number of carbonyl (C=O) groups is 1. The van der Waals surface area contributed by atoms with Crippen molar-refractivity contribution in [2.24, 2.45) is 13.0 Å². The molecule has 1 saturated heterocycles. The van der Waals surface area contributed by atoms with E-state index in [2.05, 4.69) is 20.3 Å². The number of nitrogens with one attached hydrogen (secondary N) is 1. The van der Waals surface area contributed by atoms with Crippen molar-refractivity contribution in [3.63, 3.8) is 0 Å². The molecule has 1 N–H and O–H groups in total. The molecule has 3 aromatic rings. The van der Waals surface area contributed by atoms with E-state index in [1.807, 2.05) is 36.1 Å². The zero-order chi connectivity index (χ0) is 21.1. The Bertz CT molecular complexity index is 1110. The quantitative estimate of drug-likeness (QED) is 0.718. The smallest absolute Gasteiger partial charge is 0.255 e. The van der Waals surface area contributed by atoms with Crippen LogP contribution in [-0.2, 0) is 11.8 Å². The van der Waals surface area contributed by atoms with E-state index in [-0.39, 0.29) is 17.4 Å². The number of aromatic nitrogens is 4. The van der Waals surface area contributed by atoms with Crippen LogP contribution in [-0.4, -0.2) is 38.5 Å². The highest BCUT2D eigenvalue weighted by molar-refractivity contribution is 5.93. The van der Waals surface area contributed by atoms with Crippen LogP contribution >= 0.6 is 0 Å². The Morgan fingerprint density at radius 1 is 1.20 bits per heavy atom. The molecule has 4 rings (SSSR count). The molecule has 1 aliphatic rings. The Labute approximate surface area is 174 Å². The van der Waals surface area contributed by atoms with Crippen LogP contribution < -0.4 is 15.8 Å². The van der Waals surface area contributed by atoms with Gasteiger partial charge in [-0.1, -0.05) is 12.1 Å². The first-order valence-electron chi connectivity index (χ1n) is 9.98. The third kappa shape index (κ3) is 4.22. The average Bonchev–Trinajstić information content (AvgIpc) is 2.76. The number of hydrogen-bond donors (Lipinski definition) is 1. The summed E-state index contributed by atoms with van der Waals surface area (Å²) in [7, 11) is 1.70. The standard InChI is InChI=1S/C22H24N6O2/c1-15-5-3-7-17(11-15)25-21(30)16-6-4-10-28(13-16)22-26-19(12-20(29)27(22)2)18-8-9-23-14-24-18/h3,5,7-9,11-12,14,16H,4,6,10,13H2,1-2H3,(H,25,30). The highest BCUT2D eigenvalue weighted by Gasteiger charge is 2.28. The molecule has 30 heavy (non-hydrogen) atoms. The first-order valence-corrected chi connectivity index (χ1v) is 9.98. The zero-order valence-electron chi connectivity index (χ0n) is 17.1. The highest BCUT2D eigenvalue weighted by Crippen LogP contribution is 2.24. The van der Waals surface area contributed by atoms with Gasteiger partial charge in [-0.25, -0.2) is 15.0 Å². The van der Waals surface area contributed by atoms with Crippen LogP contribution in [0.5, 0.6) is 0 Å². The Balaban J connectivity index is 1.56. The van der Waals surface area contributed by atoms with E-state index in [1.54, 1.807) is 19.3 Å². The van der Waals surface area contributed by atoms with Gasteiger partial charge in [0.1, 0.15) is 6.33 Å². The van der Waals surface area contributed by atoms with E-state index in [9.17, 15) is 9.59 Å². The molecular formula is C22H24N6O2. The maximum atomic E-state index is 12.9. The lowest BCUT2D eigenvalue weighted by Gasteiger charge is -2.33. The minimum absolute atomic E-state index is 0.0118. The number of carbonyl (C=O) groups excluding carboxylic acids is 1. The molecule has 0 spiro atoms. The van der Waals surface area contributed by atoms with Crippen molar-refractivity contribution in [3.05, 3.63) is 64.8 Å². The molecule has 3 heterocycles. The van der Waals surface area contributed by atoms with E-state index in [0.717, 1.165) is 30.6 Å². The molecule has 1 amide bonds. The van der Waals surface area contributed by atoms with Crippen molar-refractivity contribution < 1.29 is 4.79 Å². The minimum Gasteiger partial charge on any atom is -0.341 e. The zero-order valence-corrected chi connectivity index (χ0v) is 17.1. The van der Waals surface area contributed by atoms with Crippen LogP contribution in [0.25, 0.3) is 11.4 Å². The molecule has 1 fully saturated rings. The summed E-state index contributed by atoms with van der Waals surface area (Å²) >= 11 is 0. The van der Waals surface area contributed by atoms with Gasteiger partial charge in [-0.05, 0) is 43.5 Å². The number of benzene rings is 1. The first kappa shape index (κ1) is 19.8. The van der Waals surface area contributed by atoms with Gasteiger partial charge in [0, 0.05) is 38.1 Å². The van der Waals surface area contributed by atoms with Crippen LogP contribution in [0.2, 0.25) is 0 Å². The summed E-state index contributed by atoms with van der Waals surface area (Å²) in [5.41, 5.74) is 2.82. The first-order chi connectivity index (χ1) is 14.5. The summed E-state index contributed by atoms with van der Waals surface area (Å²) in [5, 5.41) is 3.02. The molecule has 0 saturated carbocycles. The Kier molecular flexibility index (Phi) is 5.56.